The molecule has 3 heterocycles. The van der Waals surface area contributed by atoms with E-state index in [1.54, 1.807) is 23.4 Å². The van der Waals surface area contributed by atoms with Crippen LogP contribution in [-0.2, 0) is 24.5 Å². The van der Waals surface area contributed by atoms with Gasteiger partial charge in [-0.15, -0.1) is 0 Å². The molecule has 2 aromatic rings. The van der Waals surface area contributed by atoms with Crippen molar-refractivity contribution in [3.05, 3.63) is 41.5 Å². The van der Waals surface area contributed by atoms with Crippen LogP contribution < -0.4 is 4.74 Å². The largest absolute Gasteiger partial charge is 0.486 e. The zero-order valence-corrected chi connectivity index (χ0v) is 12.6. The Kier molecular flexibility index (Phi) is 3.28. The van der Waals surface area contributed by atoms with E-state index in [9.17, 15) is 9.18 Å². The molecule has 6 nitrogen and oxygen atoms in total. The van der Waals surface area contributed by atoms with E-state index in [0.717, 1.165) is 23.4 Å². The van der Waals surface area contributed by atoms with E-state index in [1.807, 2.05) is 6.07 Å². The molecule has 0 aromatic carbocycles. The van der Waals surface area contributed by atoms with E-state index in [1.165, 1.54) is 0 Å². The van der Waals surface area contributed by atoms with Crippen molar-refractivity contribution in [3.8, 4) is 5.75 Å². The fraction of sp³-hybridized carbons (Fsp3) is 0.438. The third-order valence-electron chi connectivity index (χ3n) is 4.56. The molecule has 2 aromatic heterocycles. The first kappa shape index (κ1) is 14.2. The summed E-state index contributed by atoms with van der Waals surface area (Å²) in [6.45, 7) is 1.07. The number of hydrogen-bond acceptors (Lipinski definition) is 4. The van der Waals surface area contributed by atoms with Gasteiger partial charge < -0.3 is 9.64 Å². The maximum atomic E-state index is 14.3. The highest BCUT2D eigenvalue weighted by atomic mass is 19.1. The van der Waals surface area contributed by atoms with Crippen molar-refractivity contribution in [2.75, 3.05) is 0 Å². The van der Waals surface area contributed by atoms with Crippen molar-refractivity contribution < 1.29 is 13.9 Å². The van der Waals surface area contributed by atoms with Crippen molar-refractivity contribution >= 4 is 5.91 Å². The van der Waals surface area contributed by atoms with Crippen LogP contribution >= 0.6 is 0 Å². The minimum Gasteiger partial charge on any atom is -0.486 e. The number of aromatic amines is 1. The summed E-state index contributed by atoms with van der Waals surface area (Å²) in [6, 6.07) is 3.61. The molecule has 1 aliphatic heterocycles. The fourth-order valence-electron chi connectivity index (χ4n) is 3.03. The summed E-state index contributed by atoms with van der Waals surface area (Å²) in [5, 5.41) is 7.17. The number of hydrogen-bond donors (Lipinski definition) is 1. The minimum atomic E-state index is -1.65. The Bertz CT molecular complexity index is 727. The zero-order chi connectivity index (χ0) is 15.9. The summed E-state index contributed by atoms with van der Waals surface area (Å²) in [7, 11) is 0. The van der Waals surface area contributed by atoms with E-state index in [-0.39, 0.29) is 0 Å². The number of alkyl halides is 1. The normalized spacial score (nSPS) is 18.4. The Morgan fingerprint density at radius 3 is 3.00 bits per heavy atom. The average Bonchev–Trinajstić information content (AvgIpc) is 3.12. The quantitative estimate of drug-likeness (QED) is 0.938. The van der Waals surface area contributed by atoms with E-state index >= 15 is 0 Å². The van der Waals surface area contributed by atoms with Gasteiger partial charge in [0.25, 0.3) is 5.91 Å². The van der Waals surface area contributed by atoms with Crippen LogP contribution in [0, 0.1) is 0 Å². The smallest absolute Gasteiger partial charge is 0.260 e. The molecule has 0 spiro atoms. The Balaban J connectivity index is 1.44. The third kappa shape index (κ3) is 2.46. The molecule has 4 rings (SSSR count). The summed E-state index contributed by atoms with van der Waals surface area (Å²) in [6.07, 6.45) is 4.77. The molecule has 0 bridgehead atoms. The molecule has 1 N–H and O–H groups in total. The van der Waals surface area contributed by atoms with Crippen LogP contribution in [0.5, 0.6) is 5.75 Å². The van der Waals surface area contributed by atoms with Crippen molar-refractivity contribution in [1.82, 2.24) is 20.1 Å². The molecule has 0 radical (unpaired) electrons. The molecular formula is C16H17FN4O2. The monoisotopic (exact) mass is 316 g/mol. The third-order valence-corrected chi connectivity index (χ3v) is 4.56. The standard InChI is InChI=1S/C16H17FN4O2/c17-16(4-2-5-16)15(22)21-8-12-13(9-21)19-20-14(12)10-23-11-3-1-6-18-7-11/h1,3,6-7H,2,4-5,8-10H2,(H,19,20). The van der Waals surface area contributed by atoms with Gasteiger partial charge in [0.1, 0.15) is 18.1 Å². The van der Waals surface area contributed by atoms with Crippen molar-refractivity contribution in [1.29, 1.82) is 0 Å². The molecule has 1 saturated carbocycles. The summed E-state index contributed by atoms with van der Waals surface area (Å²) >= 11 is 0. The van der Waals surface area contributed by atoms with Gasteiger partial charge in [0.15, 0.2) is 5.67 Å². The van der Waals surface area contributed by atoms with Crippen molar-refractivity contribution in [2.24, 2.45) is 0 Å². The molecule has 2 aliphatic rings. The molecule has 1 aliphatic carbocycles. The molecule has 1 fully saturated rings. The number of aromatic nitrogens is 3. The number of ether oxygens (including phenoxy) is 1. The number of nitrogens with one attached hydrogen (secondary N) is 1. The highest BCUT2D eigenvalue weighted by molar-refractivity contribution is 5.86. The molecule has 120 valence electrons. The van der Waals surface area contributed by atoms with Crippen LogP contribution in [-0.4, -0.2) is 31.7 Å². The number of pyridine rings is 1. The number of H-pyrrole nitrogens is 1. The average molecular weight is 316 g/mol. The summed E-state index contributed by atoms with van der Waals surface area (Å²) in [4.78, 5) is 17.8. The fourth-order valence-corrected chi connectivity index (χ4v) is 3.03. The number of halogens is 1. The number of nitrogens with zero attached hydrogens (tertiary/aromatic N) is 3. The number of amides is 1. The highest BCUT2D eigenvalue weighted by Crippen LogP contribution is 2.39. The second-order valence-corrected chi connectivity index (χ2v) is 6.08. The first-order valence-electron chi connectivity index (χ1n) is 7.72. The molecule has 0 saturated heterocycles. The topological polar surface area (TPSA) is 71.1 Å². The Morgan fingerprint density at radius 2 is 2.30 bits per heavy atom. The number of carbonyl (C=O) groups is 1. The van der Waals surface area contributed by atoms with Gasteiger partial charge in [0.05, 0.1) is 25.0 Å². The summed E-state index contributed by atoms with van der Waals surface area (Å²) < 4.78 is 20.0. The second-order valence-electron chi connectivity index (χ2n) is 6.08. The molecule has 7 heteroatoms. The number of fused-ring (bicyclic) bond motifs is 1. The SMILES string of the molecule is O=C(N1Cc2[nH]nc(COc3cccnc3)c2C1)C1(F)CCC1. The van der Waals surface area contributed by atoms with E-state index in [2.05, 4.69) is 15.2 Å². The van der Waals surface area contributed by atoms with Crippen LogP contribution in [0.25, 0.3) is 0 Å². The maximum Gasteiger partial charge on any atom is 0.260 e. The summed E-state index contributed by atoms with van der Waals surface area (Å²) in [5.41, 5.74) is 0.903. The lowest BCUT2D eigenvalue weighted by atomic mass is 9.81. The summed E-state index contributed by atoms with van der Waals surface area (Å²) in [5.74, 6) is 0.264. The predicted octanol–water partition coefficient (Wildman–Crippen LogP) is 2.12. The molecule has 1 amide bonds. The first-order valence-corrected chi connectivity index (χ1v) is 7.72. The lowest BCUT2D eigenvalue weighted by Crippen LogP contribution is -2.48. The molecule has 0 unspecified atom stereocenters. The van der Waals surface area contributed by atoms with Gasteiger partial charge in [0, 0.05) is 11.8 Å². The van der Waals surface area contributed by atoms with Gasteiger partial charge in [0.2, 0.25) is 0 Å². The van der Waals surface area contributed by atoms with E-state index in [0.29, 0.717) is 38.3 Å². The van der Waals surface area contributed by atoms with E-state index in [4.69, 9.17) is 4.74 Å². The van der Waals surface area contributed by atoms with Gasteiger partial charge in [-0.3, -0.25) is 14.9 Å². The first-order chi connectivity index (χ1) is 11.2. The van der Waals surface area contributed by atoms with Crippen molar-refractivity contribution in [2.45, 2.75) is 44.6 Å². The van der Waals surface area contributed by atoms with Gasteiger partial charge >= 0.3 is 0 Å². The van der Waals surface area contributed by atoms with Crippen LogP contribution in [0.15, 0.2) is 24.5 Å². The lowest BCUT2D eigenvalue weighted by molar-refractivity contribution is -0.150. The van der Waals surface area contributed by atoms with E-state index < -0.39 is 11.6 Å². The zero-order valence-electron chi connectivity index (χ0n) is 12.6. The highest BCUT2D eigenvalue weighted by Gasteiger charge is 2.48. The van der Waals surface area contributed by atoms with Crippen LogP contribution in [0.4, 0.5) is 4.39 Å². The molecule has 23 heavy (non-hydrogen) atoms. The van der Waals surface area contributed by atoms with Gasteiger partial charge in [-0.2, -0.15) is 5.10 Å². The molecule has 0 atom stereocenters. The Morgan fingerprint density at radius 1 is 1.43 bits per heavy atom. The van der Waals surface area contributed by atoms with Gasteiger partial charge in [-0.05, 0) is 31.4 Å². The Labute approximate surface area is 132 Å². The Hall–Kier alpha value is -2.44. The maximum absolute atomic E-state index is 14.3. The number of carbonyl (C=O) groups excluding carboxylic acids is 1. The van der Waals surface area contributed by atoms with Crippen LogP contribution in [0.3, 0.4) is 0 Å². The predicted molar refractivity (Wildman–Crippen MR) is 79.1 cm³/mol. The van der Waals surface area contributed by atoms with Crippen LogP contribution in [0.2, 0.25) is 0 Å². The minimum absolute atomic E-state index is 0.292. The molecular weight excluding hydrogens is 299 g/mol. The van der Waals surface area contributed by atoms with Gasteiger partial charge in [-0.25, -0.2) is 4.39 Å². The van der Waals surface area contributed by atoms with Crippen molar-refractivity contribution in [3.63, 3.8) is 0 Å². The second kappa shape index (κ2) is 5.33. The lowest BCUT2D eigenvalue weighted by Gasteiger charge is -2.35. The number of rotatable bonds is 4. The van der Waals surface area contributed by atoms with Crippen LogP contribution in [0.1, 0.15) is 36.2 Å². The van der Waals surface area contributed by atoms with Gasteiger partial charge in [-0.1, -0.05) is 0 Å².